The lowest BCUT2D eigenvalue weighted by molar-refractivity contribution is 0.0981. The molecular weight excluding hydrogens is 549 g/mol. The minimum Gasteiger partial charge on any atom is -0.355 e. The summed E-state index contributed by atoms with van der Waals surface area (Å²) in [4.78, 5) is 41.1. The van der Waals surface area contributed by atoms with Gasteiger partial charge in [0.15, 0.2) is 0 Å². The highest BCUT2D eigenvalue weighted by Gasteiger charge is 2.28. The molecule has 210 valence electrons. The van der Waals surface area contributed by atoms with Crippen molar-refractivity contribution < 1.29 is 14.0 Å². The molecule has 1 aliphatic heterocycles. The van der Waals surface area contributed by atoms with E-state index in [0.29, 0.717) is 41.5 Å². The minimum atomic E-state index is -0.470. The summed E-state index contributed by atoms with van der Waals surface area (Å²) in [5.74, 6) is -0.333. The second-order valence-corrected chi connectivity index (χ2v) is 11.2. The third kappa shape index (κ3) is 5.38. The number of para-hydroxylation sites is 2. The van der Waals surface area contributed by atoms with Gasteiger partial charge in [-0.1, -0.05) is 42.5 Å². The van der Waals surface area contributed by atoms with Crippen LogP contribution in [0, 0.1) is 12.7 Å². The first-order chi connectivity index (χ1) is 20.4. The second-order valence-electron chi connectivity index (χ2n) is 10.2. The first-order valence-corrected chi connectivity index (χ1v) is 14.4. The van der Waals surface area contributed by atoms with Crippen LogP contribution in [0.5, 0.6) is 0 Å². The van der Waals surface area contributed by atoms with Crippen molar-refractivity contribution in [3.8, 4) is 10.4 Å². The van der Waals surface area contributed by atoms with Gasteiger partial charge in [-0.05, 0) is 66.4 Å². The molecule has 2 amide bonds. The minimum absolute atomic E-state index is 0.184. The maximum absolute atomic E-state index is 14.4. The number of benzene rings is 2. The van der Waals surface area contributed by atoms with Crippen molar-refractivity contribution >= 4 is 40.3 Å². The highest BCUT2D eigenvalue weighted by atomic mass is 32.1. The normalized spacial score (nSPS) is 12.2. The van der Waals surface area contributed by atoms with E-state index in [1.54, 1.807) is 36.2 Å². The lowest BCUT2D eigenvalue weighted by atomic mass is 10.1. The fraction of sp³-hybridized carbons (Fsp3) is 0.152. The van der Waals surface area contributed by atoms with Crippen molar-refractivity contribution in [1.82, 2.24) is 9.97 Å². The number of hydrogen-bond acceptors (Lipinski definition) is 6. The summed E-state index contributed by atoms with van der Waals surface area (Å²) < 4.78 is 14.4. The molecule has 1 aliphatic rings. The Bertz CT molecular complexity index is 1770. The number of amides is 2. The average Bonchev–Trinajstić information content (AvgIpc) is 3.37. The SMILES string of the molecule is Cc1cccc(F)c1NC(=O)c1cc2c(s1)-c1ccccc1N(C(=O)c1cccc(N(C)Cc3cccnc3)n1)CC2. The molecule has 0 bridgehead atoms. The van der Waals surface area contributed by atoms with Crippen molar-refractivity contribution in [2.24, 2.45) is 0 Å². The molecule has 1 N–H and O–H groups in total. The van der Waals surface area contributed by atoms with Crippen molar-refractivity contribution in [3.63, 3.8) is 0 Å². The van der Waals surface area contributed by atoms with Crippen molar-refractivity contribution in [2.45, 2.75) is 19.9 Å². The standard InChI is InChI=1S/C33H28FN5O2S/c1-21-8-5-11-25(34)30(21)37-32(40)28-18-23-15-17-39(27-13-4-3-10-24(27)31(23)42-28)33(41)26-12-6-14-29(36-26)38(2)20-22-9-7-16-35-19-22/h3-14,16,18-19H,15,17,20H2,1-2H3,(H,37,40). The first kappa shape index (κ1) is 27.3. The Labute approximate surface area is 247 Å². The molecule has 9 heteroatoms. The Balaban J connectivity index is 1.27. The van der Waals surface area contributed by atoms with Crippen LogP contribution in [0.3, 0.4) is 0 Å². The molecule has 0 radical (unpaired) electrons. The van der Waals surface area contributed by atoms with Crippen molar-refractivity contribution in [1.29, 1.82) is 0 Å². The number of carbonyl (C=O) groups is 2. The Morgan fingerprint density at radius 2 is 1.88 bits per heavy atom. The molecular formula is C33H28FN5O2S. The second kappa shape index (κ2) is 11.5. The molecule has 3 aromatic heterocycles. The summed E-state index contributed by atoms with van der Waals surface area (Å²) in [6, 6.07) is 23.6. The average molecular weight is 578 g/mol. The van der Waals surface area contributed by atoms with Crippen LogP contribution in [-0.4, -0.2) is 35.4 Å². The quantitative estimate of drug-likeness (QED) is 0.242. The molecule has 5 aromatic rings. The van der Waals surface area contributed by atoms with Crippen LogP contribution in [0.4, 0.5) is 21.6 Å². The van der Waals surface area contributed by atoms with E-state index in [1.165, 1.54) is 17.4 Å². The van der Waals surface area contributed by atoms with Crippen LogP contribution in [0.25, 0.3) is 10.4 Å². The zero-order valence-corrected chi connectivity index (χ0v) is 24.0. The molecule has 6 rings (SSSR count). The Kier molecular flexibility index (Phi) is 7.50. The van der Waals surface area contributed by atoms with Crippen molar-refractivity contribution in [2.75, 3.05) is 28.7 Å². The molecule has 0 saturated carbocycles. The van der Waals surface area contributed by atoms with Gasteiger partial charge < -0.3 is 15.1 Å². The molecule has 2 aromatic carbocycles. The summed E-state index contributed by atoms with van der Waals surface area (Å²) in [7, 11) is 1.93. The van der Waals surface area contributed by atoms with Gasteiger partial charge in [0.25, 0.3) is 11.8 Å². The largest absolute Gasteiger partial charge is 0.355 e. The number of anilines is 3. The number of rotatable bonds is 6. The third-order valence-electron chi connectivity index (χ3n) is 7.27. The van der Waals surface area contributed by atoms with Crippen molar-refractivity contribution in [3.05, 3.63) is 124 Å². The highest BCUT2D eigenvalue weighted by molar-refractivity contribution is 7.17. The molecule has 42 heavy (non-hydrogen) atoms. The zero-order valence-electron chi connectivity index (χ0n) is 23.2. The number of nitrogens with zero attached hydrogens (tertiary/aromatic N) is 4. The number of halogens is 1. The van der Waals surface area contributed by atoms with Gasteiger partial charge in [0, 0.05) is 43.0 Å². The third-order valence-corrected chi connectivity index (χ3v) is 8.48. The topological polar surface area (TPSA) is 78.4 Å². The van der Waals surface area contributed by atoms with E-state index in [9.17, 15) is 14.0 Å². The molecule has 0 aliphatic carbocycles. The molecule has 0 saturated heterocycles. The van der Waals surface area contributed by atoms with E-state index in [-0.39, 0.29) is 17.5 Å². The number of pyridine rings is 2. The van der Waals surface area contributed by atoms with E-state index in [2.05, 4.69) is 10.3 Å². The summed E-state index contributed by atoms with van der Waals surface area (Å²) in [5.41, 5.74) is 4.83. The number of nitrogens with one attached hydrogen (secondary N) is 1. The molecule has 0 atom stereocenters. The highest BCUT2D eigenvalue weighted by Crippen LogP contribution is 2.42. The maximum atomic E-state index is 14.4. The van der Waals surface area contributed by atoms with Gasteiger partial charge in [-0.3, -0.25) is 14.6 Å². The van der Waals surface area contributed by atoms with Crippen LogP contribution in [0.1, 0.15) is 36.9 Å². The lowest BCUT2D eigenvalue weighted by Crippen LogP contribution is -2.33. The summed E-state index contributed by atoms with van der Waals surface area (Å²) in [6.07, 6.45) is 4.11. The van der Waals surface area contributed by atoms with E-state index < -0.39 is 5.82 Å². The van der Waals surface area contributed by atoms with Crippen LogP contribution >= 0.6 is 11.3 Å². The fourth-order valence-electron chi connectivity index (χ4n) is 5.12. The van der Waals surface area contributed by atoms with Crippen LogP contribution in [0.2, 0.25) is 0 Å². The Morgan fingerprint density at radius 1 is 1.05 bits per heavy atom. The molecule has 0 fully saturated rings. The molecule has 0 spiro atoms. The fourth-order valence-corrected chi connectivity index (χ4v) is 6.26. The van der Waals surface area contributed by atoms with Crippen LogP contribution in [0.15, 0.2) is 91.3 Å². The van der Waals surface area contributed by atoms with Gasteiger partial charge in [0.1, 0.15) is 17.3 Å². The number of thiophene rings is 1. The number of carbonyl (C=O) groups excluding carboxylic acids is 2. The Hall–Kier alpha value is -4.89. The van der Waals surface area contributed by atoms with E-state index in [4.69, 9.17) is 4.98 Å². The van der Waals surface area contributed by atoms with E-state index in [1.807, 2.05) is 72.7 Å². The monoisotopic (exact) mass is 577 g/mol. The summed E-state index contributed by atoms with van der Waals surface area (Å²) in [6.45, 7) is 2.79. The summed E-state index contributed by atoms with van der Waals surface area (Å²) >= 11 is 1.35. The van der Waals surface area contributed by atoms with Gasteiger partial charge in [-0.2, -0.15) is 0 Å². The summed E-state index contributed by atoms with van der Waals surface area (Å²) in [5, 5.41) is 2.74. The lowest BCUT2D eigenvalue weighted by Gasteiger charge is -2.24. The smallest absolute Gasteiger partial charge is 0.276 e. The maximum Gasteiger partial charge on any atom is 0.276 e. The Morgan fingerprint density at radius 3 is 2.69 bits per heavy atom. The number of hydrogen-bond donors (Lipinski definition) is 1. The van der Waals surface area contributed by atoms with Gasteiger partial charge in [0.2, 0.25) is 0 Å². The predicted molar refractivity (Wildman–Crippen MR) is 165 cm³/mol. The number of fused-ring (bicyclic) bond motifs is 3. The number of aryl methyl sites for hydroxylation is 1. The molecule has 7 nitrogen and oxygen atoms in total. The number of aromatic nitrogens is 2. The first-order valence-electron chi connectivity index (χ1n) is 13.6. The van der Waals surface area contributed by atoms with Gasteiger partial charge in [-0.25, -0.2) is 9.37 Å². The van der Waals surface area contributed by atoms with E-state index >= 15 is 0 Å². The van der Waals surface area contributed by atoms with E-state index in [0.717, 1.165) is 27.3 Å². The van der Waals surface area contributed by atoms with Gasteiger partial charge >= 0.3 is 0 Å². The van der Waals surface area contributed by atoms with Gasteiger partial charge in [-0.15, -0.1) is 11.3 Å². The molecule has 0 unspecified atom stereocenters. The molecule has 4 heterocycles. The van der Waals surface area contributed by atoms with Gasteiger partial charge in [0.05, 0.1) is 16.3 Å². The zero-order chi connectivity index (χ0) is 29.2. The van der Waals surface area contributed by atoms with Crippen LogP contribution in [-0.2, 0) is 13.0 Å². The van der Waals surface area contributed by atoms with Crippen LogP contribution < -0.4 is 15.1 Å². The predicted octanol–water partition coefficient (Wildman–Crippen LogP) is 6.74.